The zero-order chi connectivity index (χ0) is 13.9. The van der Waals surface area contributed by atoms with Crippen molar-refractivity contribution >= 4 is 5.91 Å². The van der Waals surface area contributed by atoms with E-state index in [-0.39, 0.29) is 17.9 Å². The Morgan fingerprint density at radius 1 is 1.40 bits per heavy atom. The van der Waals surface area contributed by atoms with E-state index < -0.39 is 0 Å². The van der Waals surface area contributed by atoms with Crippen LogP contribution in [0.25, 0.3) is 0 Å². The summed E-state index contributed by atoms with van der Waals surface area (Å²) in [6.45, 7) is 2.03. The average molecular weight is 269 g/mol. The molecule has 1 aliphatic rings. The van der Waals surface area contributed by atoms with E-state index >= 15 is 0 Å². The molecule has 1 aliphatic carbocycles. The molecule has 0 saturated heterocycles. The smallest absolute Gasteiger partial charge is 0.223 e. The van der Waals surface area contributed by atoms with Gasteiger partial charge in [-0.15, -0.1) is 0 Å². The minimum Gasteiger partial charge on any atom is -0.349 e. The lowest BCUT2D eigenvalue weighted by molar-refractivity contribution is -0.126. The minimum absolute atomic E-state index is 0.0480. The predicted molar refractivity (Wildman–Crippen MR) is 77.1 cm³/mol. The molecule has 2 unspecified atom stereocenters. The van der Waals surface area contributed by atoms with Gasteiger partial charge in [0, 0.05) is 18.0 Å². The summed E-state index contributed by atoms with van der Waals surface area (Å²) >= 11 is 0. The number of aryl methyl sites for hydroxylation is 1. The second-order valence-corrected chi connectivity index (χ2v) is 5.41. The predicted octanol–water partition coefficient (Wildman–Crippen LogP) is 2.39. The van der Waals surface area contributed by atoms with E-state index in [9.17, 15) is 4.79 Å². The van der Waals surface area contributed by atoms with Crippen LogP contribution >= 0.6 is 0 Å². The quantitative estimate of drug-likeness (QED) is 0.899. The Morgan fingerprint density at radius 3 is 3.00 bits per heavy atom. The normalized spacial score (nSPS) is 19.1. The monoisotopic (exact) mass is 269 g/mol. The Kier molecular flexibility index (Phi) is 3.54. The number of aromatic amines is 1. The maximum Gasteiger partial charge on any atom is 0.223 e. The van der Waals surface area contributed by atoms with E-state index in [1.807, 2.05) is 37.3 Å². The molecule has 0 fully saturated rings. The molecule has 4 heteroatoms. The van der Waals surface area contributed by atoms with E-state index in [1.54, 1.807) is 6.33 Å². The molecule has 1 amide bonds. The van der Waals surface area contributed by atoms with Gasteiger partial charge in [0.05, 0.1) is 18.1 Å². The number of H-pyrrole nitrogens is 1. The fourth-order valence-corrected chi connectivity index (χ4v) is 2.78. The van der Waals surface area contributed by atoms with Gasteiger partial charge in [0.25, 0.3) is 0 Å². The molecule has 0 saturated carbocycles. The standard InChI is InChI=1S/C16H19N3O/c1-11(12-5-3-2-4-6-12)19-16(20)13-7-8-14-15(9-13)18-10-17-14/h2-6,10-11,13H,7-9H2,1H3,(H,17,18)(H,19,20). The summed E-state index contributed by atoms with van der Waals surface area (Å²) in [5, 5.41) is 3.12. The fraction of sp³-hybridized carbons (Fsp3) is 0.375. The first-order valence-corrected chi connectivity index (χ1v) is 7.10. The van der Waals surface area contributed by atoms with Crippen molar-refractivity contribution < 1.29 is 4.79 Å². The topological polar surface area (TPSA) is 57.8 Å². The molecule has 2 N–H and O–H groups in total. The molecule has 0 bridgehead atoms. The first kappa shape index (κ1) is 12.9. The van der Waals surface area contributed by atoms with Crippen LogP contribution in [0.4, 0.5) is 0 Å². The van der Waals surface area contributed by atoms with Crippen molar-refractivity contribution in [3.8, 4) is 0 Å². The van der Waals surface area contributed by atoms with E-state index in [1.165, 1.54) is 0 Å². The SMILES string of the molecule is CC(NC(=O)C1CCc2nc[nH]c2C1)c1ccccc1. The van der Waals surface area contributed by atoms with Gasteiger partial charge < -0.3 is 10.3 Å². The lowest BCUT2D eigenvalue weighted by Crippen LogP contribution is -2.35. The van der Waals surface area contributed by atoms with Crippen LogP contribution < -0.4 is 5.32 Å². The molecule has 20 heavy (non-hydrogen) atoms. The van der Waals surface area contributed by atoms with Crippen molar-refractivity contribution in [2.75, 3.05) is 0 Å². The van der Waals surface area contributed by atoms with Crippen molar-refractivity contribution in [1.82, 2.24) is 15.3 Å². The van der Waals surface area contributed by atoms with Crippen LogP contribution in [-0.4, -0.2) is 15.9 Å². The lowest BCUT2D eigenvalue weighted by Gasteiger charge is -2.23. The van der Waals surface area contributed by atoms with E-state index in [0.29, 0.717) is 0 Å². The number of hydrogen-bond donors (Lipinski definition) is 2. The highest BCUT2D eigenvalue weighted by atomic mass is 16.1. The van der Waals surface area contributed by atoms with E-state index in [4.69, 9.17) is 0 Å². The van der Waals surface area contributed by atoms with Gasteiger partial charge in [0.15, 0.2) is 0 Å². The third-order valence-corrected chi connectivity index (χ3v) is 4.02. The Morgan fingerprint density at radius 2 is 2.20 bits per heavy atom. The van der Waals surface area contributed by atoms with Gasteiger partial charge in [0.2, 0.25) is 5.91 Å². The number of fused-ring (bicyclic) bond motifs is 1. The number of benzene rings is 1. The molecule has 0 aliphatic heterocycles. The highest BCUT2D eigenvalue weighted by molar-refractivity contribution is 5.79. The van der Waals surface area contributed by atoms with Gasteiger partial charge in [-0.2, -0.15) is 0 Å². The Balaban J connectivity index is 1.63. The van der Waals surface area contributed by atoms with Gasteiger partial charge in [-0.3, -0.25) is 4.79 Å². The average Bonchev–Trinajstić information content (AvgIpc) is 2.95. The molecule has 0 spiro atoms. The zero-order valence-electron chi connectivity index (χ0n) is 11.6. The van der Waals surface area contributed by atoms with Crippen molar-refractivity contribution in [2.24, 2.45) is 5.92 Å². The Hall–Kier alpha value is -2.10. The zero-order valence-corrected chi connectivity index (χ0v) is 11.6. The maximum atomic E-state index is 12.4. The summed E-state index contributed by atoms with van der Waals surface area (Å²) < 4.78 is 0. The van der Waals surface area contributed by atoms with Crippen LogP contribution in [-0.2, 0) is 17.6 Å². The van der Waals surface area contributed by atoms with Crippen molar-refractivity contribution in [1.29, 1.82) is 0 Å². The highest BCUT2D eigenvalue weighted by Crippen LogP contribution is 2.24. The molecular formula is C16H19N3O. The fourth-order valence-electron chi connectivity index (χ4n) is 2.78. The van der Waals surface area contributed by atoms with Crippen LogP contribution in [0.5, 0.6) is 0 Å². The number of carbonyl (C=O) groups is 1. The summed E-state index contributed by atoms with van der Waals surface area (Å²) in [5.41, 5.74) is 3.37. The van der Waals surface area contributed by atoms with E-state index in [0.717, 1.165) is 36.2 Å². The number of imidazole rings is 1. The molecule has 1 aromatic heterocycles. The van der Waals surface area contributed by atoms with Crippen molar-refractivity contribution in [2.45, 2.75) is 32.2 Å². The molecular weight excluding hydrogens is 250 g/mol. The minimum atomic E-state index is 0.0480. The van der Waals surface area contributed by atoms with Crippen LogP contribution in [0.2, 0.25) is 0 Å². The second-order valence-electron chi connectivity index (χ2n) is 5.41. The number of nitrogens with one attached hydrogen (secondary N) is 2. The molecule has 2 aromatic rings. The van der Waals surface area contributed by atoms with Gasteiger partial charge in [-0.25, -0.2) is 4.98 Å². The van der Waals surface area contributed by atoms with E-state index in [2.05, 4.69) is 15.3 Å². The second kappa shape index (κ2) is 5.49. The third-order valence-electron chi connectivity index (χ3n) is 4.02. The molecule has 2 atom stereocenters. The van der Waals surface area contributed by atoms with Crippen LogP contribution in [0.15, 0.2) is 36.7 Å². The molecule has 1 heterocycles. The number of carbonyl (C=O) groups excluding carboxylic acids is 1. The lowest BCUT2D eigenvalue weighted by atomic mass is 9.89. The third kappa shape index (κ3) is 2.59. The maximum absolute atomic E-state index is 12.4. The summed E-state index contributed by atoms with van der Waals surface area (Å²) in [5.74, 6) is 0.190. The number of nitrogens with zero attached hydrogens (tertiary/aromatic N) is 1. The largest absolute Gasteiger partial charge is 0.349 e. The number of hydrogen-bond acceptors (Lipinski definition) is 2. The van der Waals surface area contributed by atoms with Gasteiger partial charge in [0.1, 0.15) is 0 Å². The van der Waals surface area contributed by atoms with Crippen LogP contribution in [0.1, 0.15) is 36.3 Å². The van der Waals surface area contributed by atoms with Crippen LogP contribution in [0.3, 0.4) is 0 Å². The molecule has 3 rings (SSSR count). The summed E-state index contributed by atoms with van der Waals surface area (Å²) in [4.78, 5) is 19.8. The number of aromatic nitrogens is 2. The molecule has 1 aromatic carbocycles. The molecule has 4 nitrogen and oxygen atoms in total. The van der Waals surface area contributed by atoms with Crippen molar-refractivity contribution in [3.63, 3.8) is 0 Å². The van der Waals surface area contributed by atoms with Gasteiger partial charge >= 0.3 is 0 Å². The molecule has 104 valence electrons. The van der Waals surface area contributed by atoms with Crippen molar-refractivity contribution in [3.05, 3.63) is 53.6 Å². The van der Waals surface area contributed by atoms with Gasteiger partial charge in [-0.1, -0.05) is 30.3 Å². The summed E-state index contributed by atoms with van der Waals surface area (Å²) in [6.07, 6.45) is 4.25. The van der Waals surface area contributed by atoms with Crippen LogP contribution in [0, 0.1) is 5.92 Å². The Labute approximate surface area is 118 Å². The number of rotatable bonds is 3. The van der Waals surface area contributed by atoms with Gasteiger partial charge in [-0.05, 0) is 25.3 Å². The number of amides is 1. The highest BCUT2D eigenvalue weighted by Gasteiger charge is 2.26. The first-order chi connectivity index (χ1) is 9.74. The summed E-state index contributed by atoms with van der Waals surface area (Å²) in [6, 6.07) is 10.1. The Bertz CT molecular complexity index is 591. The molecule has 0 radical (unpaired) electrons. The summed E-state index contributed by atoms with van der Waals surface area (Å²) in [7, 11) is 0. The first-order valence-electron chi connectivity index (χ1n) is 7.10.